The highest BCUT2D eigenvalue weighted by molar-refractivity contribution is 7.71. The van der Waals surface area contributed by atoms with Crippen molar-refractivity contribution < 1.29 is 22.0 Å². The fourth-order valence-corrected chi connectivity index (χ4v) is 5.25. The summed E-state index contributed by atoms with van der Waals surface area (Å²) in [5, 5.41) is 0.297. The zero-order chi connectivity index (χ0) is 32.3. The van der Waals surface area contributed by atoms with Gasteiger partial charge in [-0.15, -0.1) is 0 Å². The molecular weight excluding hydrogens is 590 g/mol. The van der Waals surface area contributed by atoms with Gasteiger partial charge >= 0.3 is 5.69 Å². The molecule has 1 saturated heterocycles. The van der Waals surface area contributed by atoms with E-state index < -0.39 is 28.0 Å². The summed E-state index contributed by atoms with van der Waals surface area (Å²) >= 11 is 0. The number of hydrogen-bond acceptors (Lipinski definition) is 8. The van der Waals surface area contributed by atoms with Gasteiger partial charge in [0.1, 0.15) is 33.9 Å². The normalized spacial score (nSPS) is 15.0. The maximum atomic E-state index is 15.7. The van der Waals surface area contributed by atoms with Gasteiger partial charge in [0, 0.05) is 43.7 Å². The Hall–Kier alpha value is -4.52. The number of halogens is 2. The van der Waals surface area contributed by atoms with Crippen LogP contribution in [0.25, 0.3) is 28.0 Å². The third-order valence-electron chi connectivity index (χ3n) is 7.24. The molecule has 3 aromatic heterocycles. The number of amides is 1. The molecule has 5 rings (SSSR count). The number of carbonyl (C=O) groups is 1. The quantitative estimate of drug-likeness (QED) is 0.262. The number of piperazine rings is 1. The van der Waals surface area contributed by atoms with Crippen LogP contribution in [-0.2, 0) is 15.5 Å². The molecule has 1 fully saturated rings. The van der Waals surface area contributed by atoms with E-state index in [4.69, 9.17) is 8.42 Å². The number of hydrogen-bond donors (Lipinski definition) is 1. The lowest BCUT2D eigenvalue weighted by molar-refractivity contribution is -0.126. The number of aryl methyl sites for hydroxylation is 1. The van der Waals surface area contributed by atoms with Crippen LogP contribution in [0.5, 0.6) is 0 Å². The minimum Gasteiger partial charge on any atom is -0.350 e. The van der Waals surface area contributed by atoms with Crippen LogP contribution in [0.15, 0.2) is 60.0 Å². The molecular formula is C31H34F2N6O4S. The number of carbonyl (C=O) groups excluding carboxylic acids is 1. The van der Waals surface area contributed by atoms with E-state index in [1.54, 1.807) is 23.2 Å². The van der Waals surface area contributed by atoms with Gasteiger partial charge in [-0.05, 0) is 55.7 Å². The molecule has 1 unspecified atom stereocenters. The fraction of sp³-hybridized carbons (Fsp3) is 0.323. The standard InChI is InChI=1S/C30H30F2N6O2.CH4O2S/c1-6-24(39)36-13-14-37(19(5)16-36)28-21-15-23(32)26(20-9-7-8-10-22(20)31)34-29(21)38(30(40)35-28)27-18(4)11-12-33-25(27)17(2)3;1-4(2)3/h6-12,15,17,19H,1,13-14,16H2,2-5H3;4H,1H3. The van der Waals surface area contributed by atoms with Crippen LogP contribution in [0.4, 0.5) is 14.6 Å². The molecule has 1 amide bonds. The number of benzene rings is 1. The van der Waals surface area contributed by atoms with E-state index in [2.05, 4.69) is 21.5 Å². The lowest BCUT2D eigenvalue weighted by Gasteiger charge is -2.40. The van der Waals surface area contributed by atoms with Crippen molar-refractivity contribution in [3.63, 3.8) is 0 Å². The molecule has 1 aliphatic rings. The second-order valence-corrected chi connectivity index (χ2v) is 11.6. The molecule has 10 nitrogen and oxygen atoms in total. The van der Waals surface area contributed by atoms with Gasteiger partial charge in [-0.25, -0.2) is 31.5 Å². The van der Waals surface area contributed by atoms with Gasteiger partial charge < -0.3 is 9.80 Å². The molecule has 232 valence electrons. The van der Waals surface area contributed by atoms with E-state index >= 15 is 4.39 Å². The average molecular weight is 625 g/mol. The Labute approximate surface area is 255 Å². The third kappa shape index (κ3) is 6.52. The summed E-state index contributed by atoms with van der Waals surface area (Å²) in [6, 6.07) is 8.61. The van der Waals surface area contributed by atoms with E-state index in [1.807, 2.05) is 32.6 Å². The van der Waals surface area contributed by atoms with Crippen LogP contribution < -0.4 is 10.6 Å². The summed E-state index contributed by atoms with van der Waals surface area (Å²) in [5.74, 6) is -1.35. The topological polar surface area (TPSA) is 118 Å². The van der Waals surface area contributed by atoms with Crippen LogP contribution in [0.2, 0.25) is 0 Å². The van der Waals surface area contributed by atoms with Crippen LogP contribution in [0.3, 0.4) is 0 Å². The van der Waals surface area contributed by atoms with Crippen molar-refractivity contribution in [2.75, 3.05) is 30.8 Å². The monoisotopic (exact) mass is 624 g/mol. The summed E-state index contributed by atoms with van der Waals surface area (Å²) in [7, 11) is -2.12. The Balaban J connectivity index is 0.00000104. The van der Waals surface area contributed by atoms with Crippen molar-refractivity contribution >= 4 is 33.5 Å². The highest BCUT2D eigenvalue weighted by atomic mass is 32.2. The lowest BCUT2D eigenvalue weighted by atomic mass is 10.0. The molecule has 0 radical (unpaired) electrons. The van der Waals surface area contributed by atoms with Crippen LogP contribution in [-0.4, -0.2) is 70.7 Å². The average Bonchev–Trinajstić information content (AvgIpc) is 2.97. The minimum absolute atomic E-state index is 0.0174. The Morgan fingerprint density at radius 1 is 1.11 bits per heavy atom. The summed E-state index contributed by atoms with van der Waals surface area (Å²) in [6.07, 6.45) is 4.06. The van der Waals surface area contributed by atoms with Gasteiger partial charge in [-0.2, -0.15) is 4.98 Å². The van der Waals surface area contributed by atoms with Crippen molar-refractivity contribution in [1.29, 1.82) is 0 Å². The zero-order valence-electron chi connectivity index (χ0n) is 25.1. The highest BCUT2D eigenvalue weighted by Crippen LogP contribution is 2.33. The summed E-state index contributed by atoms with van der Waals surface area (Å²) in [6.45, 7) is 12.4. The molecule has 4 aromatic rings. The molecule has 13 heteroatoms. The van der Waals surface area contributed by atoms with Crippen LogP contribution in [0, 0.1) is 18.6 Å². The first-order valence-corrected chi connectivity index (χ1v) is 15.6. The molecule has 4 heterocycles. The van der Waals surface area contributed by atoms with Crippen molar-refractivity contribution in [3.8, 4) is 16.9 Å². The fourth-order valence-electron chi connectivity index (χ4n) is 5.25. The van der Waals surface area contributed by atoms with Gasteiger partial charge in [-0.3, -0.25) is 9.78 Å². The number of fused-ring (bicyclic) bond motifs is 1. The van der Waals surface area contributed by atoms with Gasteiger partial charge in [0.15, 0.2) is 5.65 Å². The second-order valence-electron chi connectivity index (χ2n) is 10.7. The van der Waals surface area contributed by atoms with Gasteiger partial charge in [0.2, 0.25) is 5.91 Å². The van der Waals surface area contributed by atoms with Crippen LogP contribution >= 0.6 is 0 Å². The summed E-state index contributed by atoms with van der Waals surface area (Å²) in [5.41, 5.74) is 1.23. The first-order valence-electron chi connectivity index (χ1n) is 14.0. The van der Waals surface area contributed by atoms with Crippen LogP contribution in [0.1, 0.15) is 37.9 Å². The molecule has 1 aromatic carbocycles. The Bertz CT molecular complexity index is 1870. The Morgan fingerprint density at radius 3 is 2.41 bits per heavy atom. The number of pyridine rings is 2. The molecule has 0 N–H and O–H groups in total. The number of nitrogens with zero attached hydrogens (tertiary/aromatic N) is 6. The van der Waals surface area contributed by atoms with Crippen molar-refractivity contribution in [2.24, 2.45) is 0 Å². The number of thiol groups is 1. The van der Waals surface area contributed by atoms with Gasteiger partial charge in [0.05, 0.1) is 16.8 Å². The molecule has 0 aliphatic carbocycles. The molecule has 0 spiro atoms. The number of aromatic nitrogens is 4. The predicted octanol–water partition coefficient (Wildman–Crippen LogP) is 4.00. The summed E-state index contributed by atoms with van der Waals surface area (Å²) in [4.78, 5) is 43.2. The van der Waals surface area contributed by atoms with E-state index in [9.17, 15) is 14.0 Å². The summed E-state index contributed by atoms with van der Waals surface area (Å²) < 4.78 is 49.9. The molecule has 0 saturated carbocycles. The molecule has 0 bridgehead atoms. The van der Waals surface area contributed by atoms with E-state index in [0.29, 0.717) is 36.4 Å². The first-order chi connectivity index (χ1) is 20.8. The lowest BCUT2D eigenvalue weighted by Crippen LogP contribution is -2.54. The van der Waals surface area contributed by atoms with Crippen molar-refractivity contribution in [2.45, 2.75) is 39.7 Å². The van der Waals surface area contributed by atoms with Gasteiger partial charge in [0.25, 0.3) is 0 Å². The molecule has 44 heavy (non-hydrogen) atoms. The van der Waals surface area contributed by atoms with E-state index in [1.165, 1.54) is 34.9 Å². The van der Waals surface area contributed by atoms with E-state index in [-0.39, 0.29) is 40.6 Å². The molecule has 1 aliphatic heterocycles. The zero-order valence-corrected chi connectivity index (χ0v) is 26.0. The number of rotatable bonds is 5. The van der Waals surface area contributed by atoms with Crippen molar-refractivity contribution in [3.05, 3.63) is 88.6 Å². The molecule has 1 atom stereocenters. The highest BCUT2D eigenvalue weighted by Gasteiger charge is 2.30. The van der Waals surface area contributed by atoms with E-state index in [0.717, 1.165) is 11.8 Å². The Kier molecular flexibility index (Phi) is 9.88. The van der Waals surface area contributed by atoms with Gasteiger partial charge in [-0.1, -0.05) is 32.6 Å². The third-order valence-corrected chi connectivity index (χ3v) is 7.24. The maximum absolute atomic E-state index is 15.7. The number of anilines is 1. The van der Waals surface area contributed by atoms with Crippen molar-refractivity contribution in [1.82, 2.24) is 24.4 Å². The first kappa shape index (κ1) is 32.4. The maximum Gasteiger partial charge on any atom is 0.355 e. The largest absolute Gasteiger partial charge is 0.355 e. The SMILES string of the molecule is C=CC(=O)N1CCN(c2nc(=O)n(-c3c(C)ccnc3C(C)C)c3nc(-c4ccccc4F)c(F)cc23)C(C)C1.C[SH](=O)=O. The smallest absolute Gasteiger partial charge is 0.350 e. The second kappa shape index (κ2) is 13.4. The Morgan fingerprint density at radius 2 is 1.80 bits per heavy atom. The minimum atomic E-state index is -2.12. The predicted molar refractivity (Wildman–Crippen MR) is 167 cm³/mol.